The van der Waals surface area contributed by atoms with Gasteiger partial charge in [0, 0.05) is 23.2 Å². The van der Waals surface area contributed by atoms with Crippen LogP contribution in [-0.2, 0) is 10.5 Å². The summed E-state index contributed by atoms with van der Waals surface area (Å²) in [6.07, 6.45) is -0.256. The van der Waals surface area contributed by atoms with Crippen molar-refractivity contribution in [2.24, 2.45) is 5.73 Å². The van der Waals surface area contributed by atoms with Gasteiger partial charge >= 0.3 is 0 Å². The van der Waals surface area contributed by atoms with E-state index in [9.17, 15) is 9.18 Å². The van der Waals surface area contributed by atoms with Gasteiger partial charge in [0.2, 0.25) is 5.91 Å². The Hall–Kier alpha value is -3.18. The van der Waals surface area contributed by atoms with Gasteiger partial charge in [-0.1, -0.05) is 42.5 Å². The summed E-state index contributed by atoms with van der Waals surface area (Å²) in [4.78, 5) is 13.8. The molecule has 0 aliphatic carbocycles. The molecule has 2 heterocycles. The van der Waals surface area contributed by atoms with E-state index in [-0.39, 0.29) is 11.9 Å². The number of primary amides is 1. The molecule has 2 bridgehead atoms. The van der Waals surface area contributed by atoms with Crippen LogP contribution in [0.3, 0.4) is 0 Å². The van der Waals surface area contributed by atoms with Crippen LogP contribution < -0.4 is 10.6 Å². The molecule has 2 N–H and O–H groups in total. The summed E-state index contributed by atoms with van der Waals surface area (Å²) >= 11 is 0. The molecule has 2 aliphatic heterocycles. The van der Waals surface area contributed by atoms with Crippen LogP contribution in [-0.4, -0.2) is 12.5 Å². The molecule has 3 aromatic carbocycles. The second kappa shape index (κ2) is 5.91. The molecule has 0 radical (unpaired) electrons. The molecule has 5 heteroatoms. The molecule has 2 atom stereocenters. The highest BCUT2D eigenvalue weighted by Gasteiger charge is 2.58. The summed E-state index contributed by atoms with van der Waals surface area (Å²) in [6, 6.07) is 20.1. The minimum atomic E-state index is -1.00. The summed E-state index contributed by atoms with van der Waals surface area (Å²) in [5, 5.41) is 0. The summed E-state index contributed by atoms with van der Waals surface area (Å²) in [7, 11) is 0. The van der Waals surface area contributed by atoms with Gasteiger partial charge in [-0.15, -0.1) is 0 Å². The number of carbonyl (C=O) groups is 1. The molecule has 0 fully saturated rings. The number of amides is 1. The number of rotatable bonds is 4. The quantitative estimate of drug-likeness (QED) is 0.749. The van der Waals surface area contributed by atoms with E-state index < -0.39 is 11.6 Å². The van der Waals surface area contributed by atoms with E-state index in [1.54, 1.807) is 24.3 Å². The minimum absolute atomic E-state index is 0.256. The summed E-state index contributed by atoms with van der Waals surface area (Å²) < 4.78 is 21.4. The number of ether oxygens (including phenoxy) is 1. The highest BCUT2D eigenvalue weighted by molar-refractivity contribution is 5.93. The lowest BCUT2D eigenvalue weighted by atomic mass is 9.80. The van der Waals surface area contributed by atoms with Crippen LogP contribution >= 0.6 is 0 Å². The first-order valence-electron chi connectivity index (χ1n) is 9.31. The van der Waals surface area contributed by atoms with Gasteiger partial charge in [0.1, 0.15) is 11.9 Å². The first kappa shape index (κ1) is 17.0. The largest absolute Gasteiger partial charge is 0.366 e. The van der Waals surface area contributed by atoms with Crippen molar-refractivity contribution in [3.63, 3.8) is 0 Å². The number of nitrogens with two attached hydrogens (primary N) is 1. The lowest BCUT2D eigenvalue weighted by Crippen LogP contribution is -2.46. The van der Waals surface area contributed by atoms with Gasteiger partial charge in [-0.3, -0.25) is 4.79 Å². The third kappa shape index (κ3) is 2.05. The first-order chi connectivity index (χ1) is 13.6. The molecule has 5 rings (SSSR count). The van der Waals surface area contributed by atoms with Crippen LogP contribution in [0, 0.1) is 5.82 Å². The van der Waals surface area contributed by atoms with Crippen molar-refractivity contribution >= 4 is 11.6 Å². The Kier molecular flexibility index (Phi) is 3.58. The molecule has 28 heavy (non-hydrogen) atoms. The second-order valence-electron chi connectivity index (χ2n) is 7.09. The van der Waals surface area contributed by atoms with Crippen molar-refractivity contribution in [2.75, 3.05) is 11.4 Å². The van der Waals surface area contributed by atoms with E-state index in [2.05, 4.69) is 0 Å². The van der Waals surface area contributed by atoms with E-state index in [0.29, 0.717) is 17.8 Å². The van der Waals surface area contributed by atoms with Gasteiger partial charge in [-0.25, -0.2) is 4.39 Å². The zero-order chi connectivity index (χ0) is 19.5. The van der Waals surface area contributed by atoms with Crippen molar-refractivity contribution in [3.8, 4) is 0 Å². The van der Waals surface area contributed by atoms with Gasteiger partial charge in [0.25, 0.3) is 0 Å². The second-order valence-corrected chi connectivity index (χ2v) is 7.09. The molecular formula is C23H19FN2O2. The number of anilines is 1. The standard InChI is InChI=1S/C23H19FN2O2/c1-2-26(20-10-6-5-9-19(20)24)23-17-8-4-3-7-15(17)21(28-23)16-12-11-14(22(25)27)13-18(16)23/h3-13,21H,2H2,1H3,(H2,25,27). The van der Waals surface area contributed by atoms with Crippen LogP contribution in [0.4, 0.5) is 10.1 Å². The molecule has 0 aromatic heterocycles. The fraction of sp³-hybridized carbons (Fsp3) is 0.174. The fourth-order valence-electron chi connectivity index (χ4n) is 4.59. The average molecular weight is 374 g/mol. The van der Waals surface area contributed by atoms with E-state index in [4.69, 9.17) is 10.5 Å². The van der Waals surface area contributed by atoms with E-state index >= 15 is 0 Å². The monoisotopic (exact) mass is 374 g/mol. The molecule has 4 nitrogen and oxygen atoms in total. The number of benzene rings is 3. The lowest BCUT2D eigenvalue weighted by molar-refractivity contribution is -0.00709. The molecule has 0 saturated heterocycles. The van der Waals surface area contributed by atoms with E-state index in [0.717, 1.165) is 22.3 Å². The Bertz CT molecular complexity index is 1110. The van der Waals surface area contributed by atoms with Gasteiger partial charge in [-0.2, -0.15) is 0 Å². The zero-order valence-corrected chi connectivity index (χ0v) is 15.4. The summed E-state index contributed by atoms with van der Waals surface area (Å²) in [5.74, 6) is -0.814. The molecule has 2 unspecified atom stereocenters. The molecule has 2 aliphatic rings. The van der Waals surface area contributed by atoms with Crippen LogP contribution in [0.5, 0.6) is 0 Å². The predicted molar refractivity (Wildman–Crippen MR) is 105 cm³/mol. The van der Waals surface area contributed by atoms with Crippen molar-refractivity contribution < 1.29 is 13.9 Å². The molecule has 0 spiro atoms. The maximum absolute atomic E-state index is 14.8. The molecule has 140 valence electrons. The van der Waals surface area contributed by atoms with Gasteiger partial charge in [0.05, 0.1) is 5.69 Å². The number of nitrogens with zero attached hydrogens (tertiary/aromatic N) is 1. The number of hydrogen-bond donors (Lipinski definition) is 1. The first-order valence-corrected chi connectivity index (χ1v) is 9.31. The smallest absolute Gasteiger partial charge is 0.248 e. The fourth-order valence-corrected chi connectivity index (χ4v) is 4.59. The Morgan fingerprint density at radius 3 is 2.54 bits per heavy atom. The SMILES string of the molecule is CCN(c1ccccc1F)C12OC(c3ccccc31)c1ccc(C(N)=O)cc12. The Balaban J connectivity index is 1.82. The Morgan fingerprint density at radius 1 is 1.07 bits per heavy atom. The molecule has 1 amide bonds. The average Bonchev–Trinajstić information content (AvgIpc) is 3.23. The Morgan fingerprint density at radius 2 is 1.79 bits per heavy atom. The van der Waals surface area contributed by atoms with E-state index in [1.165, 1.54) is 6.07 Å². The van der Waals surface area contributed by atoms with Crippen molar-refractivity contribution in [3.05, 3.63) is 100 Å². The van der Waals surface area contributed by atoms with Crippen molar-refractivity contribution in [1.82, 2.24) is 0 Å². The number of halogens is 1. The summed E-state index contributed by atoms with van der Waals surface area (Å²) in [6.45, 7) is 2.48. The highest BCUT2D eigenvalue weighted by atomic mass is 19.1. The summed E-state index contributed by atoms with van der Waals surface area (Å²) in [5.41, 5.74) is 9.27. The maximum Gasteiger partial charge on any atom is 0.248 e. The number of carbonyl (C=O) groups excluding carboxylic acids is 1. The van der Waals surface area contributed by atoms with Crippen LogP contribution in [0.25, 0.3) is 0 Å². The van der Waals surface area contributed by atoms with E-state index in [1.807, 2.05) is 48.2 Å². The Labute approximate surface area is 162 Å². The zero-order valence-electron chi connectivity index (χ0n) is 15.4. The third-order valence-corrected chi connectivity index (χ3v) is 5.72. The van der Waals surface area contributed by atoms with Gasteiger partial charge in [0.15, 0.2) is 5.72 Å². The van der Waals surface area contributed by atoms with Crippen LogP contribution in [0.1, 0.15) is 45.6 Å². The van der Waals surface area contributed by atoms with Crippen LogP contribution in [0.15, 0.2) is 66.7 Å². The third-order valence-electron chi connectivity index (χ3n) is 5.72. The number of hydrogen-bond acceptors (Lipinski definition) is 3. The molecule has 0 saturated carbocycles. The van der Waals surface area contributed by atoms with Crippen molar-refractivity contribution in [2.45, 2.75) is 18.8 Å². The highest BCUT2D eigenvalue weighted by Crippen LogP contribution is 2.60. The number of para-hydroxylation sites is 1. The van der Waals surface area contributed by atoms with Gasteiger partial charge < -0.3 is 15.4 Å². The maximum atomic E-state index is 14.8. The van der Waals surface area contributed by atoms with Crippen molar-refractivity contribution in [1.29, 1.82) is 0 Å². The molecule has 3 aromatic rings. The minimum Gasteiger partial charge on any atom is -0.366 e. The topological polar surface area (TPSA) is 55.6 Å². The molecular weight excluding hydrogens is 355 g/mol. The lowest BCUT2D eigenvalue weighted by Gasteiger charge is -2.41. The number of fused-ring (bicyclic) bond motifs is 8. The predicted octanol–water partition coefficient (Wildman–Crippen LogP) is 4.09. The normalized spacial score (nSPS) is 21.3. The van der Waals surface area contributed by atoms with Gasteiger partial charge in [-0.05, 0) is 42.3 Å². The van der Waals surface area contributed by atoms with Crippen LogP contribution in [0.2, 0.25) is 0 Å².